The van der Waals surface area contributed by atoms with Crippen molar-refractivity contribution in [1.82, 2.24) is 0 Å². The Labute approximate surface area is 102 Å². The van der Waals surface area contributed by atoms with Crippen molar-refractivity contribution >= 4 is 29.2 Å². The molecule has 0 aliphatic heterocycles. The van der Waals surface area contributed by atoms with Gasteiger partial charge in [-0.1, -0.05) is 23.2 Å². The van der Waals surface area contributed by atoms with Crippen LogP contribution in [0.2, 0.25) is 10.0 Å². The lowest BCUT2D eigenvalue weighted by molar-refractivity contribution is -0.144. The molecule has 1 rings (SSSR count). The lowest BCUT2D eigenvalue weighted by Crippen LogP contribution is -2.23. The van der Waals surface area contributed by atoms with Gasteiger partial charge in [-0.3, -0.25) is 0 Å². The summed E-state index contributed by atoms with van der Waals surface area (Å²) in [6, 6.07) is 2.89. The highest BCUT2D eigenvalue weighted by molar-refractivity contribution is 6.35. The van der Waals surface area contributed by atoms with Crippen LogP contribution in [0.3, 0.4) is 0 Å². The fraction of sp³-hybridized carbons (Fsp3) is 0.300. The summed E-state index contributed by atoms with van der Waals surface area (Å²) in [5.41, 5.74) is 0.352. The highest BCUT2D eigenvalue weighted by Crippen LogP contribution is 2.33. The maximum absolute atomic E-state index is 10.6. The Bertz CT molecular complexity index is 406. The van der Waals surface area contributed by atoms with Crippen molar-refractivity contribution < 1.29 is 19.7 Å². The summed E-state index contributed by atoms with van der Waals surface area (Å²) in [5, 5.41) is 18.3. The summed E-state index contributed by atoms with van der Waals surface area (Å²) in [7, 11) is 0. The summed E-state index contributed by atoms with van der Waals surface area (Å²) in [4.78, 5) is 10.6. The largest absolute Gasteiger partial charge is 0.479 e. The van der Waals surface area contributed by atoms with Crippen LogP contribution in [0.4, 0.5) is 0 Å². The molecule has 0 saturated carbocycles. The lowest BCUT2D eigenvalue weighted by Gasteiger charge is -2.15. The van der Waals surface area contributed by atoms with Crippen LogP contribution >= 0.6 is 23.2 Å². The Kier molecular flexibility index (Phi) is 4.41. The van der Waals surface area contributed by atoms with Gasteiger partial charge < -0.3 is 14.9 Å². The molecule has 0 amide bonds. The summed E-state index contributed by atoms with van der Waals surface area (Å²) >= 11 is 11.6. The lowest BCUT2D eigenvalue weighted by atomic mass is 10.2. The topological polar surface area (TPSA) is 66.8 Å². The van der Waals surface area contributed by atoms with Crippen LogP contribution in [0.1, 0.15) is 12.5 Å². The Morgan fingerprint density at radius 1 is 1.50 bits per heavy atom. The number of carbonyl (C=O) groups is 1. The van der Waals surface area contributed by atoms with Crippen LogP contribution in [-0.2, 0) is 11.4 Å². The van der Waals surface area contributed by atoms with Crippen molar-refractivity contribution in [3.63, 3.8) is 0 Å². The van der Waals surface area contributed by atoms with Crippen molar-refractivity contribution in [1.29, 1.82) is 0 Å². The van der Waals surface area contributed by atoms with E-state index in [0.29, 0.717) is 10.6 Å². The summed E-state index contributed by atoms with van der Waals surface area (Å²) < 4.78 is 5.13. The third-order valence-corrected chi connectivity index (χ3v) is 2.40. The number of aliphatic hydroxyl groups is 1. The molecular formula is C10H10Cl2O4. The second kappa shape index (κ2) is 5.39. The predicted octanol–water partition coefficient (Wildman–Crippen LogP) is 2.34. The zero-order valence-corrected chi connectivity index (χ0v) is 9.92. The van der Waals surface area contributed by atoms with Gasteiger partial charge in [0.05, 0.1) is 11.6 Å². The molecule has 1 aromatic carbocycles. The first-order valence-electron chi connectivity index (χ1n) is 4.44. The molecule has 0 aliphatic rings. The fourth-order valence-corrected chi connectivity index (χ4v) is 1.67. The minimum absolute atomic E-state index is 0.142. The number of aliphatic carboxylic acids is 1. The van der Waals surface area contributed by atoms with Crippen LogP contribution in [-0.4, -0.2) is 22.3 Å². The van der Waals surface area contributed by atoms with Gasteiger partial charge in [0, 0.05) is 10.6 Å². The average molecular weight is 265 g/mol. The molecule has 4 nitrogen and oxygen atoms in total. The highest BCUT2D eigenvalue weighted by Gasteiger charge is 2.17. The molecule has 88 valence electrons. The highest BCUT2D eigenvalue weighted by atomic mass is 35.5. The molecule has 0 aliphatic carbocycles. The van der Waals surface area contributed by atoms with Crippen LogP contribution in [0.25, 0.3) is 0 Å². The minimum Gasteiger partial charge on any atom is -0.479 e. The predicted molar refractivity (Wildman–Crippen MR) is 60.1 cm³/mol. The van der Waals surface area contributed by atoms with Crippen molar-refractivity contribution in [2.75, 3.05) is 0 Å². The van der Waals surface area contributed by atoms with Gasteiger partial charge in [0.2, 0.25) is 0 Å². The number of carboxylic acid groups (broad SMARTS) is 1. The normalized spacial score (nSPS) is 12.2. The Hall–Kier alpha value is -0.970. The van der Waals surface area contributed by atoms with E-state index < -0.39 is 12.1 Å². The average Bonchev–Trinajstić information content (AvgIpc) is 2.21. The summed E-state index contributed by atoms with van der Waals surface area (Å²) in [6.45, 7) is 1.04. The van der Waals surface area contributed by atoms with Gasteiger partial charge in [0.25, 0.3) is 0 Å². The van der Waals surface area contributed by atoms with Crippen LogP contribution in [0, 0.1) is 0 Å². The molecule has 0 heterocycles. The SMILES string of the molecule is CC(Oc1c(Cl)cc(Cl)cc1CO)C(=O)O. The maximum Gasteiger partial charge on any atom is 0.344 e. The molecule has 0 aromatic heterocycles. The molecule has 2 N–H and O–H groups in total. The number of hydrogen-bond acceptors (Lipinski definition) is 3. The molecule has 1 unspecified atom stereocenters. The molecule has 1 aromatic rings. The summed E-state index contributed by atoms with van der Waals surface area (Å²) in [5.74, 6) is -0.974. The van der Waals surface area contributed by atoms with Gasteiger partial charge in [0.1, 0.15) is 5.75 Å². The van der Waals surface area contributed by atoms with Crippen molar-refractivity contribution in [3.05, 3.63) is 27.7 Å². The van der Waals surface area contributed by atoms with Gasteiger partial charge in [0.15, 0.2) is 6.10 Å². The van der Waals surface area contributed by atoms with Gasteiger partial charge in [-0.05, 0) is 19.1 Å². The van der Waals surface area contributed by atoms with E-state index in [4.69, 9.17) is 38.2 Å². The number of hydrogen-bond donors (Lipinski definition) is 2. The van der Waals surface area contributed by atoms with E-state index in [9.17, 15) is 4.79 Å². The number of carboxylic acids is 1. The van der Waals surface area contributed by atoms with E-state index in [-0.39, 0.29) is 17.4 Å². The summed E-state index contributed by atoms with van der Waals surface area (Å²) in [6.07, 6.45) is -1.05. The van der Waals surface area contributed by atoms with Crippen molar-refractivity contribution in [3.8, 4) is 5.75 Å². The van der Waals surface area contributed by atoms with E-state index in [1.165, 1.54) is 19.1 Å². The van der Waals surface area contributed by atoms with Gasteiger partial charge in [-0.2, -0.15) is 0 Å². The standard InChI is InChI=1S/C10H10Cl2O4/c1-5(10(14)15)16-9-6(4-13)2-7(11)3-8(9)12/h2-3,5,13H,4H2,1H3,(H,14,15). The number of aliphatic hydroxyl groups excluding tert-OH is 1. The molecule has 6 heteroatoms. The molecule has 16 heavy (non-hydrogen) atoms. The van der Waals surface area contributed by atoms with Crippen molar-refractivity contribution in [2.24, 2.45) is 0 Å². The van der Waals surface area contributed by atoms with Crippen LogP contribution in [0.5, 0.6) is 5.75 Å². The first kappa shape index (κ1) is 13.1. The van der Waals surface area contributed by atoms with Gasteiger partial charge in [-0.15, -0.1) is 0 Å². The smallest absolute Gasteiger partial charge is 0.344 e. The second-order valence-electron chi connectivity index (χ2n) is 3.13. The van der Waals surface area contributed by atoms with Crippen LogP contribution < -0.4 is 4.74 Å². The van der Waals surface area contributed by atoms with E-state index in [0.717, 1.165) is 0 Å². The third-order valence-electron chi connectivity index (χ3n) is 1.90. The first-order chi connectivity index (χ1) is 7.45. The maximum atomic E-state index is 10.6. The zero-order chi connectivity index (χ0) is 12.3. The van der Waals surface area contributed by atoms with Gasteiger partial charge >= 0.3 is 5.97 Å². The van der Waals surface area contributed by atoms with E-state index in [1.54, 1.807) is 0 Å². The Morgan fingerprint density at radius 2 is 2.12 bits per heavy atom. The number of ether oxygens (including phenoxy) is 1. The Morgan fingerprint density at radius 3 is 2.62 bits per heavy atom. The number of rotatable bonds is 4. The first-order valence-corrected chi connectivity index (χ1v) is 5.19. The molecule has 0 bridgehead atoms. The quantitative estimate of drug-likeness (QED) is 0.876. The molecule has 0 fully saturated rings. The third kappa shape index (κ3) is 3.01. The number of benzene rings is 1. The van der Waals surface area contributed by atoms with E-state index in [2.05, 4.69) is 0 Å². The number of halogens is 2. The zero-order valence-electron chi connectivity index (χ0n) is 8.41. The molecule has 0 spiro atoms. The molecule has 1 atom stereocenters. The van der Waals surface area contributed by atoms with Crippen molar-refractivity contribution in [2.45, 2.75) is 19.6 Å². The Balaban J connectivity index is 3.07. The monoisotopic (exact) mass is 264 g/mol. The molecule has 0 radical (unpaired) electrons. The molecular weight excluding hydrogens is 255 g/mol. The molecule has 0 saturated heterocycles. The van der Waals surface area contributed by atoms with Gasteiger partial charge in [-0.25, -0.2) is 4.79 Å². The van der Waals surface area contributed by atoms with Crippen LogP contribution in [0.15, 0.2) is 12.1 Å². The fourth-order valence-electron chi connectivity index (χ4n) is 1.09. The van der Waals surface area contributed by atoms with E-state index in [1.807, 2.05) is 0 Å². The second-order valence-corrected chi connectivity index (χ2v) is 3.98. The van der Waals surface area contributed by atoms with E-state index >= 15 is 0 Å². The minimum atomic E-state index is -1.12.